The second kappa shape index (κ2) is 8.19. The normalized spacial score (nSPS) is 17.6. The van der Waals surface area contributed by atoms with E-state index in [2.05, 4.69) is 4.98 Å². The van der Waals surface area contributed by atoms with Crippen LogP contribution in [0.25, 0.3) is 16.5 Å². The topological polar surface area (TPSA) is 70.5 Å². The van der Waals surface area contributed by atoms with Crippen LogP contribution < -0.4 is 4.90 Å². The van der Waals surface area contributed by atoms with Crippen LogP contribution in [0, 0.1) is 6.92 Å². The highest BCUT2D eigenvalue weighted by Gasteiger charge is 2.47. The zero-order chi connectivity index (χ0) is 23.1. The molecule has 0 aliphatic carbocycles. The van der Waals surface area contributed by atoms with Crippen LogP contribution in [-0.2, 0) is 9.59 Å². The third kappa shape index (κ3) is 3.47. The van der Waals surface area contributed by atoms with Gasteiger partial charge in [-0.1, -0.05) is 60.1 Å². The Labute approximate surface area is 195 Å². The summed E-state index contributed by atoms with van der Waals surface area (Å²) < 4.78 is 0. The molecule has 1 fully saturated rings. The number of aliphatic hydroxyl groups is 1. The summed E-state index contributed by atoms with van der Waals surface area (Å²) in [7, 11) is 0. The van der Waals surface area contributed by atoms with E-state index in [0.717, 1.165) is 16.3 Å². The van der Waals surface area contributed by atoms with Crippen LogP contribution in [0.3, 0.4) is 0 Å². The summed E-state index contributed by atoms with van der Waals surface area (Å²) in [6, 6.07) is 20.9. The number of ketones is 1. The quantitative estimate of drug-likeness (QED) is 0.240. The number of carbonyl (C=O) groups excluding carboxylic acids is 2. The second-order valence-electron chi connectivity index (χ2n) is 7.91. The van der Waals surface area contributed by atoms with Gasteiger partial charge in [0.05, 0.1) is 11.6 Å². The number of hydrogen-bond acceptors (Lipinski definition) is 4. The van der Waals surface area contributed by atoms with E-state index in [-0.39, 0.29) is 11.3 Å². The fourth-order valence-corrected chi connectivity index (χ4v) is 4.44. The van der Waals surface area contributed by atoms with Crippen LogP contribution in [0.15, 0.2) is 90.8 Å². The molecule has 1 aliphatic heterocycles. The molecule has 0 bridgehead atoms. The van der Waals surface area contributed by atoms with Crippen molar-refractivity contribution in [1.82, 2.24) is 4.98 Å². The van der Waals surface area contributed by atoms with Crippen LogP contribution >= 0.6 is 11.6 Å². The molecule has 4 aromatic rings. The number of pyridine rings is 1. The Morgan fingerprint density at radius 2 is 1.70 bits per heavy atom. The first-order chi connectivity index (χ1) is 16.0. The lowest BCUT2D eigenvalue weighted by molar-refractivity contribution is -0.132. The first-order valence-electron chi connectivity index (χ1n) is 10.4. The van der Waals surface area contributed by atoms with Gasteiger partial charge >= 0.3 is 0 Å². The Morgan fingerprint density at radius 1 is 0.970 bits per heavy atom. The predicted octanol–water partition coefficient (Wildman–Crippen LogP) is 5.82. The minimum atomic E-state index is -0.828. The van der Waals surface area contributed by atoms with E-state index in [1.165, 1.54) is 4.90 Å². The van der Waals surface area contributed by atoms with Gasteiger partial charge in [0.1, 0.15) is 5.76 Å². The molecule has 1 unspecified atom stereocenters. The molecule has 33 heavy (non-hydrogen) atoms. The summed E-state index contributed by atoms with van der Waals surface area (Å²) in [5.74, 6) is -1.69. The number of amides is 1. The lowest BCUT2D eigenvalue weighted by Gasteiger charge is -2.25. The van der Waals surface area contributed by atoms with Gasteiger partial charge in [0.2, 0.25) is 0 Å². The molecule has 6 heteroatoms. The van der Waals surface area contributed by atoms with E-state index in [1.807, 2.05) is 43.3 Å². The minimum absolute atomic E-state index is 0.0271. The number of Topliss-reactive ketones (excluding diaryl/α,β-unsaturated/α-hetero) is 1. The smallest absolute Gasteiger partial charge is 0.300 e. The van der Waals surface area contributed by atoms with Crippen LogP contribution in [0.4, 0.5) is 5.69 Å². The molecule has 1 aromatic heterocycles. The standard InChI is InChI=1S/C27H19ClN2O3/c1-16-9-10-19(15-22(16)28)30-24(18-11-13-29-14-12-18)23(26(32)27(30)33)25(31)21-8-4-6-17-5-2-3-7-20(17)21/h2-15,24,31H,1H3/b25-23-. The van der Waals surface area contributed by atoms with Crippen molar-refractivity contribution in [2.75, 3.05) is 4.90 Å². The molecule has 2 heterocycles. The van der Waals surface area contributed by atoms with E-state index in [9.17, 15) is 14.7 Å². The molecule has 1 saturated heterocycles. The maximum atomic E-state index is 13.3. The summed E-state index contributed by atoms with van der Waals surface area (Å²) in [5, 5.41) is 13.6. The van der Waals surface area contributed by atoms with Gasteiger partial charge in [0.25, 0.3) is 11.7 Å². The maximum Gasteiger partial charge on any atom is 0.300 e. The van der Waals surface area contributed by atoms with E-state index in [4.69, 9.17) is 11.6 Å². The Kier molecular flexibility index (Phi) is 5.19. The summed E-state index contributed by atoms with van der Waals surface area (Å²) in [6.45, 7) is 1.86. The van der Waals surface area contributed by atoms with Crippen molar-refractivity contribution in [3.05, 3.63) is 112 Å². The van der Waals surface area contributed by atoms with Gasteiger partial charge < -0.3 is 5.11 Å². The first-order valence-corrected chi connectivity index (χ1v) is 10.8. The molecule has 0 spiro atoms. The first kappa shape index (κ1) is 20.9. The average Bonchev–Trinajstić information content (AvgIpc) is 3.11. The molecule has 0 saturated carbocycles. The van der Waals surface area contributed by atoms with Gasteiger partial charge in [-0.2, -0.15) is 0 Å². The Morgan fingerprint density at radius 3 is 2.45 bits per heavy atom. The maximum absolute atomic E-state index is 13.3. The van der Waals surface area contributed by atoms with Crippen molar-refractivity contribution in [1.29, 1.82) is 0 Å². The fourth-order valence-electron chi connectivity index (χ4n) is 4.27. The molecule has 5 nitrogen and oxygen atoms in total. The van der Waals surface area contributed by atoms with Gasteiger partial charge in [-0.15, -0.1) is 0 Å². The lowest BCUT2D eigenvalue weighted by atomic mass is 9.93. The number of hydrogen-bond donors (Lipinski definition) is 1. The second-order valence-corrected chi connectivity index (χ2v) is 8.32. The van der Waals surface area contributed by atoms with E-state index >= 15 is 0 Å². The van der Waals surface area contributed by atoms with Crippen molar-refractivity contribution in [2.45, 2.75) is 13.0 Å². The van der Waals surface area contributed by atoms with E-state index < -0.39 is 17.7 Å². The van der Waals surface area contributed by atoms with Crippen LogP contribution in [0.2, 0.25) is 5.02 Å². The summed E-state index contributed by atoms with van der Waals surface area (Å²) in [5.41, 5.74) is 2.51. The van der Waals surface area contributed by atoms with Crippen LogP contribution in [0.1, 0.15) is 22.7 Å². The Balaban J connectivity index is 1.77. The molecule has 5 rings (SSSR count). The molecular formula is C27H19ClN2O3. The number of aliphatic hydroxyl groups excluding tert-OH is 1. The number of aryl methyl sites for hydroxylation is 1. The molecule has 3 aromatic carbocycles. The molecule has 1 amide bonds. The lowest BCUT2D eigenvalue weighted by Crippen LogP contribution is -2.29. The van der Waals surface area contributed by atoms with E-state index in [0.29, 0.717) is 21.8 Å². The largest absolute Gasteiger partial charge is 0.507 e. The van der Waals surface area contributed by atoms with E-state index in [1.54, 1.807) is 48.8 Å². The fraction of sp³-hybridized carbons (Fsp3) is 0.0741. The highest BCUT2D eigenvalue weighted by Crippen LogP contribution is 2.43. The van der Waals surface area contributed by atoms with Gasteiger partial charge in [-0.3, -0.25) is 19.5 Å². The Bertz CT molecular complexity index is 1440. The van der Waals surface area contributed by atoms with Crippen molar-refractivity contribution in [2.24, 2.45) is 0 Å². The number of halogens is 1. The molecule has 162 valence electrons. The van der Waals surface area contributed by atoms with Crippen LogP contribution in [0.5, 0.6) is 0 Å². The van der Waals surface area contributed by atoms with Crippen molar-refractivity contribution in [3.63, 3.8) is 0 Å². The number of carbonyl (C=O) groups is 2. The third-order valence-electron chi connectivity index (χ3n) is 5.94. The molecule has 1 N–H and O–H groups in total. The number of nitrogens with zero attached hydrogens (tertiary/aromatic N) is 2. The number of benzene rings is 3. The van der Waals surface area contributed by atoms with Gasteiger partial charge in [0, 0.05) is 28.7 Å². The SMILES string of the molecule is Cc1ccc(N2C(=O)C(=O)/C(=C(\O)c3cccc4ccccc34)C2c2ccncc2)cc1Cl. The number of anilines is 1. The Hall–Kier alpha value is -3.96. The number of rotatable bonds is 3. The third-order valence-corrected chi connectivity index (χ3v) is 6.35. The summed E-state index contributed by atoms with van der Waals surface area (Å²) in [4.78, 5) is 32.0. The summed E-state index contributed by atoms with van der Waals surface area (Å²) in [6.07, 6.45) is 3.19. The zero-order valence-corrected chi connectivity index (χ0v) is 18.5. The molecular weight excluding hydrogens is 436 g/mol. The van der Waals surface area contributed by atoms with Crippen LogP contribution in [-0.4, -0.2) is 21.8 Å². The van der Waals surface area contributed by atoms with Gasteiger partial charge in [0.15, 0.2) is 0 Å². The number of aromatic nitrogens is 1. The number of fused-ring (bicyclic) bond motifs is 1. The van der Waals surface area contributed by atoms with Gasteiger partial charge in [-0.05, 0) is 53.1 Å². The molecule has 1 atom stereocenters. The summed E-state index contributed by atoms with van der Waals surface area (Å²) >= 11 is 6.34. The average molecular weight is 455 g/mol. The van der Waals surface area contributed by atoms with Crippen molar-refractivity contribution < 1.29 is 14.7 Å². The molecule has 0 radical (unpaired) electrons. The monoisotopic (exact) mass is 454 g/mol. The zero-order valence-electron chi connectivity index (χ0n) is 17.7. The molecule has 1 aliphatic rings. The highest BCUT2D eigenvalue weighted by molar-refractivity contribution is 6.52. The van der Waals surface area contributed by atoms with Crippen molar-refractivity contribution >= 4 is 45.5 Å². The highest BCUT2D eigenvalue weighted by atomic mass is 35.5. The predicted molar refractivity (Wildman–Crippen MR) is 129 cm³/mol. The van der Waals surface area contributed by atoms with Gasteiger partial charge in [-0.25, -0.2) is 0 Å². The van der Waals surface area contributed by atoms with Crippen molar-refractivity contribution in [3.8, 4) is 0 Å². The minimum Gasteiger partial charge on any atom is -0.507 e.